The highest BCUT2D eigenvalue weighted by Crippen LogP contribution is 2.41. The Morgan fingerprint density at radius 1 is 0.963 bits per heavy atom. The molecule has 3 nitrogen and oxygen atoms in total. The fraction of sp³-hybridized carbons (Fsp3) is 0.500. The van der Waals surface area contributed by atoms with Crippen LogP contribution in [0.5, 0.6) is 0 Å². The summed E-state index contributed by atoms with van der Waals surface area (Å²) in [4.78, 5) is 2.76. The van der Waals surface area contributed by atoms with Crippen molar-refractivity contribution in [1.29, 1.82) is 0 Å². The summed E-state index contributed by atoms with van der Waals surface area (Å²) >= 11 is 0. The predicted octanol–water partition coefficient (Wildman–Crippen LogP) is 4.95. The molecule has 142 valence electrons. The molecule has 1 saturated heterocycles. The Kier molecular flexibility index (Phi) is 4.66. The number of rotatable bonds is 4. The van der Waals surface area contributed by atoms with Crippen LogP contribution in [0.25, 0.3) is 21.8 Å². The molecule has 0 radical (unpaired) electrons. The first-order chi connectivity index (χ1) is 13.4. The van der Waals surface area contributed by atoms with Gasteiger partial charge < -0.3 is 9.88 Å². The summed E-state index contributed by atoms with van der Waals surface area (Å²) in [6.45, 7) is 7.88. The van der Waals surface area contributed by atoms with Gasteiger partial charge in [-0.25, -0.2) is 0 Å². The number of piperazine rings is 1. The van der Waals surface area contributed by atoms with Gasteiger partial charge in [-0.2, -0.15) is 0 Å². The van der Waals surface area contributed by atoms with Crippen LogP contribution in [0.1, 0.15) is 44.2 Å². The van der Waals surface area contributed by atoms with Crippen LogP contribution in [-0.2, 0) is 6.54 Å². The third-order valence-corrected chi connectivity index (χ3v) is 6.85. The predicted molar refractivity (Wildman–Crippen MR) is 114 cm³/mol. The molecule has 27 heavy (non-hydrogen) atoms. The van der Waals surface area contributed by atoms with Crippen molar-refractivity contribution in [2.75, 3.05) is 26.2 Å². The normalized spacial score (nSPS) is 20.6. The number of nitrogens with zero attached hydrogens (tertiary/aromatic N) is 2. The van der Waals surface area contributed by atoms with E-state index in [0.717, 1.165) is 25.6 Å². The largest absolute Gasteiger partial charge is 0.341 e. The lowest BCUT2D eigenvalue weighted by molar-refractivity contribution is 0.125. The average Bonchev–Trinajstić information content (AvgIpc) is 3.35. The first kappa shape index (κ1) is 17.3. The highest BCUT2D eigenvalue weighted by atomic mass is 15.2. The first-order valence-electron chi connectivity index (χ1n) is 10.8. The molecule has 3 heteroatoms. The fourth-order valence-electron chi connectivity index (χ4n) is 5.61. The van der Waals surface area contributed by atoms with Crippen molar-refractivity contribution in [3.8, 4) is 0 Å². The summed E-state index contributed by atoms with van der Waals surface area (Å²) in [5.41, 5.74) is 4.29. The topological polar surface area (TPSA) is 20.2 Å². The van der Waals surface area contributed by atoms with Gasteiger partial charge in [0.25, 0.3) is 0 Å². The van der Waals surface area contributed by atoms with Crippen molar-refractivity contribution < 1.29 is 0 Å². The van der Waals surface area contributed by atoms with Crippen LogP contribution in [0.2, 0.25) is 0 Å². The standard InChI is InChI=1S/C24H31N3/c1-2-27-22-10-6-5-9-20(22)21-17-19(11-12-23(21)27)24(18-7-3-4-8-18)26-15-13-25-14-16-26/h5-6,9-12,17-18,24-25H,2-4,7-8,13-16H2,1H3/t24-/m0/s1. The molecule has 0 amide bonds. The number of fused-ring (bicyclic) bond motifs is 3. The van der Waals surface area contributed by atoms with E-state index in [0.29, 0.717) is 6.04 Å². The third-order valence-electron chi connectivity index (χ3n) is 6.85. The minimum atomic E-state index is 0.586. The van der Waals surface area contributed by atoms with E-state index in [1.807, 2.05) is 0 Å². The molecule has 1 saturated carbocycles. The fourth-order valence-corrected chi connectivity index (χ4v) is 5.61. The van der Waals surface area contributed by atoms with E-state index in [4.69, 9.17) is 0 Å². The lowest BCUT2D eigenvalue weighted by Gasteiger charge is -2.38. The van der Waals surface area contributed by atoms with Crippen LogP contribution in [0.3, 0.4) is 0 Å². The highest BCUT2D eigenvalue weighted by Gasteiger charge is 2.32. The molecule has 2 aliphatic rings. The molecule has 2 fully saturated rings. The van der Waals surface area contributed by atoms with E-state index in [9.17, 15) is 0 Å². The van der Waals surface area contributed by atoms with Crippen LogP contribution < -0.4 is 5.32 Å². The minimum absolute atomic E-state index is 0.586. The zero-order valence-electron chi connectivity index (χ0n) is 16.5. The van der Waals surface area contributed by atoms with E-state index < -0.39 is 0 Å². The zero-order chi connectivity index (χ0) is 18.2. The van der Waals surface area contributed by atoms with Crippen molar-refractivity contribution in [2.24, 2.45) is 5.92 Å². The van der Waals surface area contributed by atoms with Crippen LogP contribution in [0, 0.1) is 5.92 Å². The van der Waals surface area contributed by atoms with Gasteiger partial charge in [0.15, 0.2) is 0 Å². The number of hydrogen-bond acceptors (Lipinski definition) is 2. The Morgan fingerprint density at radius 2 is 1.70 bits per heavy atom. The van der Waals surface area contributed by atoms with Gasteiger partial charge in [0.2, 0.25) is 0 Å². The lowest BCUT2D eigenvalue weighted by Crippen LogP contribution is -2.46. The van der Waals surface area contributed by atoms with E-state index in [1.165, 1.54) is 66.1 Å². The average molecular weight is 362 g/mol. The Morgan fingerprint density at radius 3 is 2.48 bits per heavy atom. The second-order valence-corrected chi connectivity index (χ2v) is 8.31. The molecule has 1 atom stereocenters. The van der Waals surface area contributed by atoms with E-state index >= 15 is 0 Å². The summed E-state index contributed by atoms with van der Waals surface area (Å²) in [5, 5.41) is 6.37. The molecule has 1 N–H and O–H groups in total. The molecule has 1 aromatic heterocycles. The van der Waals surface area contributed by atoms with E-state index in [1.54, 1.807) is 0 Å². The van der Waals surface area contributed by atoms with Gasteiger partial charge in [-0.3, -0.25) is 4.90 Å². The maximum absolute atomic E-state index is 3.53. The number of para-hydroxylation sites is 1. The smallest absolute Gasteiger partial charge is 0.0491 e. The molecular formula is C24H31N3. The quantitative estimate of drug-likeness (QED) is 0.709. The number of aromatic nitrogens is 1. The van der Waals surface area contributed by atoms with Crippen molar-refractivity contribution in [3.63, 3.8) is 0 Å². The van der Waals surface area contributed by atoms with Gasteiger partial charge in [0.05, 0.1) is 0 Å². The van der Waals surface area contributed by atoms with Gasteiger partial charge in [-0.15, -0.1) is 0 Å². The summed E-state index contributed by atoms with van der Waals surface area (Å²) in [6.07, 6.45) is 5.60. The summed E-state index contributed by atoms with van der Waals surface area (Å²) in [5.74, 6) is 0.820. The number of hydrogen-bond donors (Lipinski definition) is 1. The SMILES string of the molecule is CCn1c2ccccc2c2cc([C@H](C3CCCC3)N3CCNCC3)ccc21. The van der Waals surface area contributed by atoms with Gasteiger partial charge in [0, 0.05) is 60.6 Å². The first-order valence-corrected chi connectivity index (χ1v) is 10.8. The van der Waals surface area contributed by atoms with Gasteiger partial charge >= 0.3 is 0 Å². The number of aryl methyl sites for hydroxylation is 1. The van der Waals surface area contributed by atoms with Crippen molar-refractivity contribution in [3.05, 3.63) is 48.0 Å². The maximum atomic E-state index is 3.53. The molecule has 0 unspecified atom stereocenters. The third kappa shape index (κ3) is 2.97. The second-order valence-electron chi connectivity index (χ2n) is 8.31. The maximum Gasteiger partial charge on any atom is 0.0491 e. The van der Waals surface area contributed by atoms with Crippen LogP contribution in [0.4, 0.5) is 0 Å². The zero-order valence-corrected chi connectivity index (χ0v) is 16.5. The summed E-state index contributed by atoms with van der Waals surface area (Å²) in [6, 6.07) is 16.8. The van der Waals surface area contributed by atoms with Crippen LogP contribution >= 0.6 is 0 Å². The molecule has 0 spiro atoms. The van der Waals surface area contributed by atoms with E-state index in [2.05, 4.69) is 64.2 Å². The van der Waals surface area contributed by atoms with Crippen molar-refractivity contribution >= 4 is 21.8 Å². The summed E-state index contributed by atoms with van der Waals surface area (Å²) < 4.78 is 2.46. The molecular weight excluding hydrogens is 330 g/mol. The van der Waals surface area contributed by atoms with Gasteiger partial charge in [0.1, 0.15) is 0 Å². The highest BCUT2D eigenvalue weighted by molar-refractivity contribution is 6.08. The Labute approximate surface area is 162 Å². The summed E-state index contributed by atoms with van der Waals surface area (Å²) in [7, 11) is 0. The molecule has 1 aliphatic heterocycles. The molecule has 1 aliphatic carbocycles. The molecule has 0 bridgehead atoms. The van der Waals surface area contributed by atoms with Crippen molar-refractivity contribution in [1.82, 2.24) is 14.8 Å². The molecule has 2 heterocycles. The molecule has 5 rings (SSSR count). The number of nitrogens with one attached hydrogen (secondary N) is 1. The van der Waals surface area contributed by atoms with Crippen LogP contribution in [0.15, 0.2) is 42.5 Å². The molecule has 2 aromatic carbocycles. The lowest BCUT2D eigenvalue weighted by atomic mass is 9.89. The minimum Gasteiger partial charge on any atom is -0.341 e. The molecule has 3 aromatic rings. The Balaban J connectivity index is 1.64. The Hall–Kier alpha value is -1.84. The Bertz CT molecular complexity index is 929. The van der Waals surface area contributed by atoms with Crippen molar-refractivity contribution in [2.45, 2.75) is 45.2 Å². The number of benzene rings is 2. The van der Waals surface area contributed by atoms with Crippen LogP contribution in [-0.4, -0.2) is 35.6 Å². The monoisotopic (exact) mass is 361 g/mol. The second kappa shape index (κ2) is 7.29. The van der Waals surface area contributed by atoms with Gasteiger partial charge in [-0.05, 0) is 49.4 Å². The van der Waals surface area contributed by atoms with Gasteiger partial charge in [-0.1, -0.05) is 37.1 Å². The van der Waals surface area contributed by atoms with E-state index in [-0.39, 0.29) is 0 Å².